The lowest BCUT2D eigenvalue weighted by molar-refractivity contribution is 0.422. The molecule has 0 radical (unpaired) electrons. The predicted molar refractivity (Wildman–Crippen MR) is 77.0 cm³/mol. The van der Waals surface area contributed by atoms with Crippen molar-refractivity contribution in [3.05, 3.63) is 65.5 Å². The molecule has 2 aliphatic rings. The Morgan fingerprint density at radius 3 is 2.84 bits per heavy atom. The third-order valence-electron chi connectivity index (χ3n) is 3.41. The van der Waals surface area contributed by atoms with Crippen LogP contribution in [0.1, 0.15) is 24.0 Å². The summed E-state index contributed by atoms with van der Waals surface area (Å²) in [7, 11) is 0. The molecular weight excluding hydrogens is 236 g/mol. The van der Waals surface area contributed by atoms with Crippen molar-refractivity contribution in [2.24, 2.45) is 0 Å². The minimum Gasteiger partial charge on any atom is -0.508 e. The Hall–Kier alpha value is -2.22. The number of aryl methyl sites for hydroxylation is 1. The van der Waals surface area contributed by atoms with Gasteiger partial charge in [-0.15, -0.1) is 0 Å². The molecule has 0 bridgehead atoms. The van der Waals surface area contributed by atoms with Crippen molar-refractivity contribution in [3.8, 4) is 11.5 Å². The van der Waals surface area contributed by atoms with Crippen molar-refractivity contribution in [2.45, 2.75) is 19.8 Å². The van der Waals surface area contributed by atoms with Gasteiger partial charge < -0.3 is 9.84 Å². The molecule has 0 saturated carbocycles. The third-order valence-corrected chi connectivity index (χ3v) is 3.41. The summed E-state index contributed by atoms with van der Waals surface area (Å²) < 4.78 is 5.92. The smallest absolute Gasteiger partial charge is 0.139 e. The summed E-state index contributed by atoms with van der Waals surface area (Å²) in [4.78, 5) is 0. The second kappa shape index (κ2) is 4.47. The van der Waals surface area contributed by atoms with Crippen LogP contribution in [-0.4, -0.2) is 5.11 Å². The van der Waals surface area contributed by atoms with Gasteiger partial charge in [-0.05, 0) is 43.0 Å². The van der Waals surface area contributed by atoms with Gasteiger partial charge in [0.05, 0.1) is 0 Å². The monoisotopic (exact) mass is 252 g/mol. The molecule has 1 aliphatic heterocycles. The van der Waals surface area contributed by atoms with Gasteiger partial charge in [0.1, 0.15) is 17.3 Å². The summed E-state index contributed by atoms with van der Waals surface area (Å²) in [6.45, 7) is 6.05. The van der Waals surface area contributed by atoms with E-state index in [4.69, 9.17) is 4.74 Å². The van der Waals surface area contributed by atoms with Gasteiger partial charge in [-0.25, -0.2) is 0 Å². The number of aromatic hydroxyl groups is 1. The van der Waals surface area contributed by atoms with Crippen molar-refractivity contribution >= 4 is 5.57 Å². The lowest BCUT2D eigenvalue weighted by Gasteiger charge is -2.23. The number of fused-ring (bicyclic) bond motifs is 1. The van der Waals surface area contributed by atoms with Crippen LogP contribution in [0.5, 0.6) is 11.5 Å². The number of hydrogen-bond acceptors (Lipinski definition) is 2. The molecule has 19 heavy (non-hydrogen) atoms. The molecule has 1 heterocycles. The molecule has 3 rings (SSSR count). The maximum atomic E-state index is 9.69. The average molecular weight is 252 g/mol. The number of allylic oxidation sites excluding steroid dienone is 5. The zero-order valence-corrected chi connectivity index (χ0v) is 10.9. The van der Waals surface area contributed by atoms with Crippen molar-refractivity contribution in [3.63, 3.8) is 0 Å². The molecule has 2 nitrogen and oxygen atoms in total. The second-order valence-electron chi connectivity index (χ2n) is 4.91. The van der Waals surface area contributed by atoms with Crippen LogP contribution in [0.15, 0.2) is 54.3 Å². The van der Waals surface area contributed by atoms with Crippen LogP contribution in [0.4, 0.5) is 0 Å². The van der Waals surface area contributed by atoms with Gasteiger partial charge in [0, 0.05) is 17.2 Å². The molecule has 0 amide bonds. The number of ether oxygens (including phenoxy) is 1. The quantitative estimate of drug-likeness (QED) is 0.809. The van der Waals surface area contributed by atoms with Crippen molar-refractivity contribution in [1.82, 2.24) is 0 Å². The highest BCUT2D eigenvalue weighted by Gasteiger charge is 2.20. The van der Waals surface area contributed by atoms with Gasteiger partial charge in [-0.3, -0.25) is 0 Å². The summed E-state index contributed by atoms with van der Waals surface area (Å²) in [6, 6.07) is 3.37. The van der Waals surface area contributed by atoms with Gasteiger partial charge >= 0.3 is 0 Å². The normalized spacial score (nSPS) is 17.4. The molecule has 0 atom stereocenters. The molecule has 1 N–H and O–H groups in total. The van der Waals surface area contributed by atoms with Gasteiger partial charge in [0.2, 0.25) is 0 Å². The van der Waals surface area contributed by atoms with E-state index >= 15 is 0 Å². The van der Waals surface area contributed by atoms with Crippen molar-refractivity contribution in [1.29, 1.82) is 0 Å². The van der Waals surface area contributed by atoms with Gasteiger partial charge in [-0.2, -0.15) is 0 Å². The van der Waals surface area contributed by atoms with Crippen LogP contribution in [0.2, 0.25) is 0 Å². The fourth-order valence-electron chi connectivity index (χ4n) is 2.55. The summed E-state index contributed by atoms with van der Waals surface area (Å²) in [5.41, 5.74) is 3.96. The lowest BCUT2D eigenvalue weighted by Crippen LogP contribution is -2.07. The van der Waals surface area contributed by atoms with Crippen molar-refractivity contribution in [2.75, 3.05) is 0 Å². The largest absolute Gasteiger partial charge is 0.508 e. The van der Waals surface area contributed by atoms with Crippen LogP contribution < -0.4 is 4.74 Å². The number of benzene rings is 1. The Labute approximate surface area is 113 Å². The van der Waals surface area contributed by atoms with Gasteiger partial charge in [-0.1, -0.05) is 24.8 Å². The Morgan fingerprint density at radius 1 is 1.26 bits per heavy atom. The number of rotatable bonds is 1. The molecule has 0 fully saturated rings. The highest BCUT2D eigenvalue weighted by Crippen LogP contribution is 2.39. The average Bonchev–Trinajstić information content (AvgIpc) is 2.38. The molecule has 96 valence electrons. The minimum absolute atomic E-state index is 0.221. The Morgan fingerprint density at radius 2 is 2.11 bits per heavy atom. The summed E-state index contributed by atoms with van der Waals surface area (Å²) in [6.07, 6.45) is 10.5. The fraction of sp³-hybridized carbons (Fsp3) is 0.176. The maximum Gasteiger partial charge on any atom is 0.139 e. The topological polar surface area (TPSA) is 29.5 Å². The molecule has 1 aromatic carbocycles. The number of hydrogen-bond donors (Lipinski definition) is 1. The lowest BCUT2D eigenvalue weighted by atomic mass is 9.95. The molecule has 0 aromatic heterocycles. The molecule has 1 aromatic rings. The molecule has 0 unspecified atom stereocenters. The van der Waals surface area contributed by atoms with Crippen LogP contribution in [0.25, 0.3) is 5.57 Å². The van der Waals surface area contributed by atoms with E-state index in [1.807, 2.05) is 13.0 Å². The zero-order valence-electron chi connectivity index (χ0n) is 10.9. The van der Waals surface area contributed by atoms with E-state index in [1.54, 1.807) is 12.1 Å². The zero-order chi connectivity index (χ0) is 13.4. The second-order valence-corrected chi connectivity index (χ2v) is 4.91. The molecular formula is C17H16O2. The Kier molecular flexibility index (Phi) is 2.79. The van der Waals surface area contributed by atoms with E-state index < -0.39 is 0 Å². The van der Waals surface area contributed by atoms with Gasteiger partial charge in [0.25, 0.3) is 0 Å². The fourth-order valence-corrected chi connectivity index (χ4v) is 2.55. The van der Waals surface area contributed by atoms with E-state index in [-0.39, 0.29) is 5.75 Å². The molecule has 2 heteroatoms. The summed E-state index contributed by atoms with van der Waals surface area (Å²) in [5.74, 6) is 1.71. The highest BCUT2D eigenvalue weighted by atomic mass is 16.5. The summed E-state index contributed by atoms with van der Waals surface area (Å²) in [5, 5.41) is 9.69. The Bertz CT molecular complexity index is 645. The van der Waals surface area contributed by atoms with Gasteiger partial charge in [0.15, 0.2) is 0 Å². The molecule has 0 spiro atoms. The molecule has 1 aliphatic carbocycles. The van der Waals surface area contributed by atoms with E-state index in [9.17, 15) is 5.11 Å². The van der Waals surface area contributed by atoms with Crippen LogP contribution >= 0.6 is 0 Å². The van der Waals surface area contributed by atoms with Crippen LogP contribution in [0.3, 0.4) is 0 Å². The van der Waals surface area contributed by atoms with E-state index in [0.717, 1.165) is 40.9 Å². The number of phenols is 1. The minimum atomic E-state index is 0.221. The van der Waals surface area contributed by atoms with E-state index in [2.05, 4.69) is 24.8 Å². The van der Waals surface area contributed by atoms with Crippen LogP contribution in [0, 0.1) is 6.92 Å². The third kappa shape index (κ3) is 2.10. The first-order valence-corrected chi connectivity index (χ1v) is 6.44. The predicted octanol–water partition coefficient (Wildman–Crippen LogP) is 4.27. The maximum absolute atomic E-state index is 9.69. The van der Waals surface area contributed by atoms with Crippen LogP contribution in [-0.2, 0) is 0 Å². The summed E-state index contributed by atoms with van der Waals surface area (Å²) >= 11 is 0. The van der Waals surface area contributed by atoms with E-state index in [0.29, 0.717) is 5.75 Å². The first-order valence-electron chi connectivity index (χ1n) is 6.44. The van der Waals surface area contributed by atoms with E-state index in [1.165, 1.54) is 0 Å². The molecule has 0 saturated heterocycles. The Balaban J connectivity index is 2.04. The first-order chi connectivity index (χ1) is 9.15. The highest BCUT2D eigenvalue weighted by molar-refractivity contribution is 5.82. The first kappa shape index (κ1) is 11.8. The van der Waals surface area contributed by atoms with Crippen molar-refractivity contribution < 1.29 is 9.84 Å². The SMILES string of the molecule is C=C1C=C(C2=CCCC=C2)Oc2cc(O)cc(C)c21. The standard InChI is InChI=1S/C17H16O2/c1-11-8-14(18)10-16-17(11)12(2)9-15(19-16)13-6-4-3-5-7-13/h4,6-10,18H,2-3,5H2,1H3. The number of phenolic OH excluding ortho intramolecular Hbond substituents is 1.